The fraction of sp³-hybridized carbons (Fsp3) is 0.500. The van der Waals surface area contributed by atoms with E-state index in [4.69, 9.17) is 11.6 Å². The van der Waals surface area contributed by atoms with Crippen molar-refractivity contribution in [1.29, 1.82) is 0 Å². The Morgan fingerprint density at radius 1 is 1.05 bits per heavy atom. The molecule has 2 rings (SSSR count). The molecule has 0 spiro atoms. The summed E-state index contributed by atoms with van der Waals surface area (Å²) >= 11 is 5.83. The molecule has 0 aromatic heterocycles. The van der Waals surface area contributed by atoms with E-state index >= 15 is 0 Å². The van der Waals surface area contributed by atoms with Gasteiger partial charge in [-0.3, -0.25) is 9.59 Å². The van der Waals surface area contributed by atoms with E-state index in [1.54, 1.807) is 29.2 Å². The third kappa shape index (κ3) is 4.21. The van der Waals surface area contributed by atoms with Crippen LogP contribution in [0.3, 0.4) is 0 Å². The van der Waals surface area contributed by atoms with Crippen LogP contribution < -0.4 is 0 Å². The van der Waals surface area contributed by atoms with Gasteiger partial charge in [0.1, 0.15) is 0 Å². The molecular formula is C16H21ClN2O2. The average Bonchev–Trinajstić information content (AvgIpc) is 2.53. The summed E-state index contributed by atoms with van der Waals surface area (Å²) in [6, 6.07) is 6.92. The van der Waals surface area contributed by atoms with Crippen LogP contribution in [0.2, 0.25) is 5.02 Å². The summed E-state index contributed by atoms with van der Waals surface area (Å²) in [6.45, 7) is 4.53. The van der Waals surface area contributed by atoms with Crippen LogP contribution in [-0.2, 0) is 4.79 Å². The van der Waals surface area contributed by atoms with Crippen molar-refractivity contribution in [3.05, 3.63) is 34.9 Å². The SMILES string of the molecule is CCCCC(=O)N1CCN(C(=O)c2ccc(Cl)cc2)CC1. The Balaban J connectivity index is 1.87. The zero-order valence-corrected chi connectivity index (χ0v) is 13.1. The molecule has 1 aromatic carbocycles. The number of halogens is 1. The number of amides is 2. The summed E-state index contributed by atoms with van der Waals surface area (Å²) < 4.78 is 0. The lowest BCUT2D eigenvalue weighted by molar-refractivity contribution is -0.132. The highest BCUT2D eigenvalue weighted by molar-refractivity contribution is 6.30. The van der Waals surface area contributed by atoms with Crippen molar-refractivity contribution in [3.8, 4) is 0 Å². The monoisotopic (exact) mass is 308 g/mol. The summed E-state index contributed by atoms with van der Waals surface area (Å²) in [5.41, 5.74) is 0.644. The van der Waals surface area contributed by atoms with Crippen molar-refractivity contribution in [1.82, 2.24) is 9.80 Å². The molecule has 114 valence electrons. The number of carbonyl (C=O) groups excluding carboxylic acids is 2. The first-order valence-corrected chi connectivity index (χ1v) is 7.82. The first-order valence-electron chi connectivity index (χ1n) is 7.44. The quantitative estimate of drug-likeness (QED) is 0.858. The maximum Gasteiger partial charge on any atom is 0.253 e. The standard InChI is InChI=1S/C16H21ClN2O2/c1-2-3-4-15(20)18-9-11-19(12-10-18)16(21)13-5-7-14(17)8-6-13/h5-8H,2-4,9-12H2,1H3. The molecule has 1 saturated heterocycles. The summed E-state index contributed by atoms with van der Waals surface area (Å²) in [5, 5.41) is 0.623. The Morgan fingerprint density at radius 3 is 2.19 bits per heavy atom. The summed E-state index contributed by atoms with van der Waals surface area (Å²) in [7, 11) is 0. The smallest absolute Gasteiger partial charge is 0.253 e. The van der Waals surface area contributed by atoms with Crippen molar-refractivity contribution < 1.29 is 9.59 Å². The first kappa shape index (κ1) is 15.8. The van der Waals surface area contributed by atoms with Gasteiger partial charge in [0.2, 0.25) is 5.91 Å². The fourth-order valence-corrected chi connectivity index (χ4v) is 2.55. The second-order valence-corrected chi connectivity index (χ2v) is 5.72. The van der Waals surface area contributed by atoms with E-state index in [9.17, 15) is 9.59 Å². The van der Waals surface area contributed by atoms with Gasteiger partial charge in [0, 0.05) is 43.2 Å². The molecule has 0 N–H and O–H groups in total. The van der Waals surface area contributed by atoms with Crippen molar-refractivity contribution in [2.75, 3.05) is 26.2 Å². The van der Waals surface area contributed by atoms with E-state index < -0.39 is 0 Å². The molecule has 0 unspecified atom stereocenters. The van der Waals surface area contributed by atoms with Gasteiger partial charge in [0.15, 0.2) is 0 Å². The van der Waals surface area contributed by atoms with Crippen LogP contribution in [0.5, 0.6) is 0 Å². The van der Waals surface area contributed by atoms with Gasteiger partial charge >= 0.3 is 0 Å². The third-order valence-electron chi connectivity index (χ3n) is 3.75. The zero-order valence-electron chi connectivity index (χ0n) is 12.3. The maximum absolute atomic E-state index is 12.3. The van der Waals surface area contributed by atoms with E-state index in [0.29, 0.717) is 43.2 Å². The van der Waals surface area contributed by atoms with E-state index in [1.807, 2.05) is 4.90 Å². The third-order valence-corrected chi connectivity index (χ3v) is 4.01. The molecule has 1 aliphatic rings. The molecule has 0 aliphatic carbocycles. The lowest BCUT2D eigenvalue weighted by Gasteiger charge is -2.35. The highest BCUT2D eigenvalue weighted by Gasteiger charge is 2.24. The van der Waals surface area contributed by atoms with Crippen molar-refractivity contribution >= 4 is 23.4 Å². The normalized spacial score (nSPS) is 15.1. The van der Waals surface area contributed by atoms with Crippen molar-refractivity contribution in [2.24, 2.45) is 0 Å². The summed E-state index contributed by atoms with van der Waals surface area (Å²) in [5.74, 6) is 0.211. The van der Waals surface area contributed by atoms with Crippen molar-refractivity contribution in [2.45, 2.75) is 26.2 Å². The van der Waals surface area contributed by atoms with Crippen molar-refractivity contribution in [3.63, 3.8) is 0 Å². The van der Waals surface area contributed by atoms with E-state index in [0.717, 1.165) is 12.8 Å². The lowest BCUT2D eigenvalue weighted by atomic mass is 10.1. The topological polar surface area (TPSA) is 40.6 Å². The highest BCUT2D eigenvalue weighted by Crippen LogP contribution is 2.13. The molecule has 1 aliphatic heterocycles. The first-order chi connectivity index (χ1) is 10.1. The minimum Gasteiger partial charge on any atom is -0.339 e. The number of rotatable bonds is 4. The second-order valence-electron chi connectivity index (χ2n) is 5.28. The van der Waals surface area contributed by atoms with Gasteiger partial charge in [0.05, 0.1) is 0 Å². The molecule has 21 heavy (non-hydrogen) atoms. The molecule has 0 radical (unpaired) electrons. The number of hydrogen-bond donors (Lipinski definition) is 0. The molecule has 5 heteroatoms. The van der Waals surface area contributed by atoms with Crippen LogP contribution in [0.4, 0.5) is 0 Å². The van der Waals surface area contributed by atoms with Gasteiger partial charge in [-0.25, -0.2) is 0 Å². The number of piperazine rings is 1. The van der Waals surface area contributed by atoms with Gasteiger partial charge in [-0.05, 0) is 30.7 Å². The number of nitrogens with zero attached hydrogens (tertiary/aromatic N) is 2. The molecule has 4 nitrogen and oxygen atoms in total. The van der Waals surface area contributed by atoms with Crippen LogP contribution in [0.1, 0.15) is 36.5 Å². The molecule has 1 heterocycles. The lowest BCUT2D eigenvalue weighted by Crippen LogP contribution is -2.50. The highest BCUT2D eigenvalue weighted by atomic mass is 35.5. The minimum atomic E-state index is 0.00678. The van der Waals surface area contributed by atoms with Crippen LogP contribution in [0.25, 0.3) is 0 Å². The van der Waals surface area contributed by atoms with Crippen LogP contribution >= 0.6 is 11.6 Å². The molecule has 0 saturated carbocycles. The van der Waals surface area contributed by atoms with E-state index in [-0.39, 0.29) is 11.8 Å². The fourth-order valence-electron chi connectivity index (χ4n) is 2.42. The summed E-state index contributed by atoms with van der Waals surface area (Å²) in [6.07, 6.45) is 2.57. The van der Waals surface area contributed by atoms with E-state index in [2.05, 4.69) is 6.92 Å². The zero-order chi connectivity index (χ0) is 15.2. The molecular weight excluding hydrogens is 288 g/mol. The van der Waals surface area contributed by atoms with Gasteiger partial charge in [-0.2, -0.15) is 0 Å². The Hall–Kier alpha value is -1.55. The van der Waals surface area contributed by atoms with E-state index in [1.165, 1.54) is 0 Å². The molecule has 0 bridgehead atoms. The summed E-state index contributed by atoms with van der Waals surface area (Å²) in [4.78, 5) is 27.9. The van der Waals surface area contributed by atoms with Crippen LogP contribution in [0, 0.1) is 0 Å². The Labute approximate surface area is 130 Å². The number of hydrogen-bond acceptors (Lipinski definition) is 2. The minimum absolute atomic E-state index is 0.00678. The van der Waals surface area contributed by atoms with Gasteiger partial charge in [-0.15, -0.1) is 0 Å². The molecule has 1 fully saturated rings. The van der Waals surface area contributed by atoms with Gasteiger partial charge < -0.3 is 9.80 Å². The number of benzene rings is 1. The number of carbonyl (C=O) groups is 2. The average molecular weight is 309 g/mol. The Morgan fingerprint density at radius 2 is 1.62 bits per heavy atom. The molecule has 1 aromatic rings. The predicted octanol–water partition coefficient (Wildman–Crippen LogP) is 2.81. The Kier molecular flexibility index (Phi) is 5.62. The second kappa shape index (κ2) is 7.46. The van der Waals surface area contributed by atoms with Crippen LogP contribution in [-0.4, -0.2) is 47.8 Å². The maximum atomic E-state index is 12.3. The largest absolute Gasteiger partial charge is 0.339 e. The van der Waals surface area contributed by atoms with Gasteiger partial charge in [-0.1, -0.05) is 24.9 Å². The van der Waals surface area contributed by atoms with Crippen LogP contribution in [0.15, 0.2) is 24.3 Å². The molecule has 0 atom stereocenters. The number of unbranched alkanes of at least 4 members (excludes halogenated alkanes) is 1. The van der Waals surface area contributed by atoms with Gasteiger partial charge in [0.25, 0.3) is 5.91 Å². The Bertz CT molecular complexity index is 494. The molecule has 2 amide bonds. The predicted molar refractivity (Wildman–Crippen MR) is 83.5 cm³/mol.